The van der Waals surface area contributed by atoms with Gasteiger partial charge in [-0.05, 0) is 19.1 Å². The molecule has 0 fully saturated rings. The predicted molar refractivity (Wildman–Crippen MR) is 79.1 cm³/mol. The second-order valence-corrected chi connectivity index (χ2v) is 5.04. The maximum atomic E-state index is 10.9. The van der Waals surface area contributed by atoms with Gasteiger partial charge in [-0.25, -0.2) is 9.80 Å². The van der Waals surface area contributed by atoms with Gasteiger partial charge in [0, 0.05) is 5.02 Å². The first kappa shape index (κ1) is 14.9. The topological polar surface area (TPSA) is 67.6 Å². The van der Waals surface area contributed by atoms with E-state index in [1.165, 1.54) is 17.1 Å². The van der Waals surface area contributed by atoms with Crippen LogP contribution in [0.5, 0.6) is 0 Å². The summed E-state index contributed by atoms with van der Waals surface area (Å²) in [5.41, 5.74) is 9.13. The zero-order chi connectivity index (χ0) is 14.9. The lowest BCUT2D eigenvalue weighted by Crippen LogP contribution is -2.34. The van der Waals surface area contributed by atoms with Crippen molar-refractivity contribution >= 4 is 46.4 Å². The number of nitrogens with one attached hydrogen (secondary N) is 1. The van der Waals surface area contributed by atoms with Crippen LogP contribution in [0.25, 0.3) is 0 Å². The van der Waals surface area contributed by atoms with E-state index in [0.717, 1.165) is 0 Å². The van der Waals surface area contributed by atoms with E-state index in [-0.39, 0.29) is 27.3 Å². The first-order valence-corrected chi connectivity index (χ1v) is 6.72. The molecule has 0 spiro atoms. The van der Waals surface area contributed by atoms with Gasteiger partial charge in [-0.15, -0.1) is 0 Å². The van der Waals surface area contributed by atoms with Crippen molar-refractivity contribution < 1.29 is 9.53 Å². The number of ether oxygens (including phenoxy) is 1. The van der Waals surface area contributed by atoms with Crippen molar-refractivity contribution in [1.29, 1.82) is 0 Å². The first-order chi connectivity index (χ1) is 9.49. The highest BCUT2D eigenvalue weighted by atomic mass is 35.5. The Kier molecular flexibility index (Phi) is 4.35. The van der Waals surface area contributed by atoms with Crippen LogP contribution in [-0.2, 0) is 9.53 Å². The predicted octanol–water partition coefficient (Wildman–Crippen LogP) is 2.85. The summed E-state index contributed by atoms with van der Waals surface area (Å²) in [6.07, 6.45) is 0. The molecule has 1 aromatic carbocycles. The molecule has 0 unspecified atom stereocenters. The fourth-order valence-electron chi connectivity index (χ4n) is 1.74. The molecule has 8 heteroatoms. The molecule has 1 aliphatic heterocycles. The first-order valence-electron chi connectivity index (χ1n) is 5.59. The Bertz CT molecular complexity index is 616. The van der Waals surface area contributed by atoms with Gasteiger partial charge in [0.15, 0.2) is 23.2 Å². The molecule has 0 aromatic heterocycles. The van der Waals surface area contributed by atoms with Crippen LogP contribution in [-0.4, -0.2) is 12.5 Å². The van der Waals surface area contributed by atoms with E-state index in [1.807, 2.05) is 0 Å². The number of hydrogen-bond acceptors (Lipinski definition) is 5. The lowest BCUT2D eigenvalue weighted by molar-refractivity contribution is 0.236. The summed E-state index contributed by atoms with van der Waals surface area (Å²) in [5, 5.41) is 2.30. The van der Waals surface area contributed by atoms with Crippen molar-refractivity contribution in [3.05, 3.63) is 44.5 Å². The van der Waals surface area contributed by atoms with Crippen molar-refractivity contribution in [2.45, 2.75) is 6.92 Å². The normalized spacial score (nSPS) is 14.4. The van der Waals surface area contributed by atoms with Crippen LogP contribution < -0.4 is 16.2 Å². The third-order valence-corrected chi connectivity index (χ3v) is 3.31. The number of anilines is 1. The van der Waals surface area contributed by atoms with Gasteiger partial charge in [-0.2, -0.15) is 0 Å². The van der Waals surface area contributed by atoms with Gasteiger partial charge in [0.2, 0.25) is 0 Å². The zero-order valence-electron chi connectivity index (χ0n) is 10.3. The van der Waals surface area contributed by atoms with Crippen LogP contribution in [0.4, 0.5) is 5.69 Å². The minimum atomic E-state index is 0.0754. The largest absolute Gasteiger partial charge is 0.487 e. The van der Waals surface area contributed by atoms with Gasteiger partial charge in [0.25, 0.3) is 0 Å². The molecule has 1 aliphatic rings. The van der Waals surface area contributed by atoms with Gasteiger partial charge >= 0.3 is 0 Å². The van der Waals surface area contributed by atoms with E-state index in [4.69, 9.17) is 45.3 Å². The van der Waals surface area contributed by atoms with Crippen LogP contribution >= 0.6 is 34.8 Å². The highest BCUT2D eigenvalue weighted by Gasteiger charge is 2.31. The Hall–Kier alpha value is -1.52. The molecule has 1 aromatic rings. The monoisotopic (exact) mass is 333 g/mol. The van der Waals surface area contributed by atoms with E-state index in [9.17, 15) is 4.79 Å². The Morgan fingerprint density at radius 3 is 2.45 bits per heavy atom. The summed E-state index contributed by atoms with van der Waals surface area (Å²) >= 11 is 18.1. The summed E-state index contributed by atoms with van der Waals surface area (Å²) in [6.45, 7) is 2.12. The Labute approximate surface area is 130 Å². The summed E-state index contributed by atoms with van der Waals surface area (Å²) in [7, 11) is 0. The highest BCUT2D eigenvalue weighted by molar-refractivity contribution is 6.41. The number of nitrogens with zero attached hydrogens (tertiary/aromatic N) is 1. The van der Waals surface area contributed by atoms with E-state index in [1.54, 1.807) is 12.9 Å². The zero-order valence-corrected chi connectivity index (χ0v) is 12.6. The molecule has 5 nitrogen and oxygen atoms in total. The molecular weight excluding hydrogens is 325 g/mol. The molecule has 0 atom stereocenters. The number of rotatable bonds is 3. The Morgan fingerprint density at radius 1 is 1.35 bits per heavy atom. The van der Waals surface area contributed by atoms with E-state index in [2.05, 4.69) is 5.43 Å². The van der Waals surface area contributed by atoms with Crippen LogP contribution in [0.3, 0.4) is 0 Å². The maximum Gasteiger partial charge on any atom is 0.197 e. The van der Waals surface area contributed by atoms with E-state index < -0.39 is 0 Å². The summed E-state index contributed by atoms with van der Waals surface area (Å²) in [4.78, 5) is 10.9. The van der Waals surface area contributed by atoms with Crippen molar-refractivity contribution in [1.82, 2.24) is 5.43 Å². The minimum Gasteiger partial charge on any atom is -0.487 e. The molecule has 0 amide bonds. The minimum absolute atomic E-state index is 0.0754. The van der Waals surface area contributed by atoms with Gasteiger partial charge in [-0.3, -0.25) is 5.43 Å². The SMILES string of the molecule is CCOC1=C(N)N(c2c(Cl)cc(Cl)cc2Cl)NC1=C=O. The van der Waals surface area contributed by atoms with Crippen molar-refractivity contribution in [3.8, 4) is 0 Å². The molecule has 0 aliphatic carbocycles. The number of benzene rings is 1. The highest BCUT2D eigenvalue weighted by Crippen LogP contribution is 2.39. The molecule has 0 saturated carbocycles. The van der Waals surface area contributed by atoms with Gasteiger partial charge in [-0.1, -0.05) is 34.8 Å². The fraction of sp³-hybridized carbons (Fsp3) is 0.167. The number of carbonyl (C=O) groups excluding carboxylic acids is 1. The molecule has 2 rings (SSSR count). The summed E-state index contributed by atoms with van der Waals surface area (Å²) < 4.78 is 5.31. The number of nitrogens with two attached hydrogens (primary N) is 1. The van der Waals surface area contributed by atoms with Crippen LogP contribution in [0.15, 0.2) is 29.4 Å². The van der Waals surface area contributed by atoms with Gasteiger partial charge in [0.05, 0.1) is 16.7 Å². The number of hydrogen-bond donors (Lipinski definition) is 2. The van der Waals surface area contributed by atoms with Gasteiger partial charge in [0.1, 0.15) is 5.69 Å². The third kappa shape index (κ3) is 2.53. The van der Waals surface area contributed by atoms with Crippen LogP contribution in [0, 0.1) is 0 Å². The Balaban J connectivity index is 2.53. The van der Waals surface area contributed by atoms with Crippen LogP contribution in [0.2, 0.25) is 15.1 Å². The quantitative estimate of drug-likeness (QED) is 0.832. The molecule has 0 saturated heterocycles. The molecule has 106 valence electrons. The molecule has 3 N–H and O–H groups in total. The molecule has 20 heavy (non-hydrogen) atoms. The molecule has 0 radical (unpaired) electrons. The van der Waals surface area contributed by atoms with E-state index in [0.29, 0.717) is 17.3 Å². The second-order valence-electron chi connectivity index (χ2n) is 3.79. The fourth-order valence-corrected chi connectivity index (χ4v) is 2.72. The summed E-state index contributed by atoms with van der Waals surface area (Å²) in [5.74, 6) is 2.08. The Morgan fingerprint density at radius 2 is 1.95 bits per heavy atom. The van der Waals surface area contributed by atoms with E-state index >= 15 is 0 Å². The standard InChI is InChI=1S/C12H10Cl3N3O2/c1-2-20-11-9(5-19)17-18(12(11)16)10-7(14)3-6(13)4-8(10)15/h3-4,17H,2,16H2,1H3. The summed E-state index contributed by atoms with van der Waals surface area (Å²) in [6, 6.07) is 3.03. The van der Waals surface area contributed by atoms with Crippen molar-refractivity contribution in [3.63, 3.8) is 0 Å². The smallest absolute Gasteiger partial charge is 0.197 e. The second kappa shape index (κ2) is 5.85. The van der Waals surface area contributed by atoms with Crippen LogP contribution in [0.1, 0.15) is 6.92 Å². The lowest BCUT2D eigenvalue weighted by Gasteiger charge is -2.21. The lowest BCUT2D eigenvalue weighted by atomic mass is 10.3. The molecule has 0 bridgehead atoms. The number of hydrazine groups is 1. The van der Waals surface area contributed by atoms with Crippen molar-refractivity contribution in [2.75, 3.05) is 11.6 Å². The van der Waals surface area contributed by atoms with Gasteiger partial charge < -0.3 is 10.5 Å². The molecular formula is C12H10Cl3N3O2. The average Bonchev–Trinajstić information content (AvgIpc) is 2.67. The molecule has 1 heterocycles. The third-order valence-electron chi connectivity index (χ3n) is 2.52. The van der Waals surface area contributed by atoms with Crippen molar-refractivity contribution in [2.24, 2.45) is 5.73 Å². The number of halogens is 3. The average molecular weight is 335 g/mol. The maximum absolute atomic E-state index is 10.9.